The SMILES string of the molecule is O=C(Cc1ccc2c(c1)OCO2)N/N=C\c1ccc(O)c(O)c1. The fourth-order valence-corrected chi connectivity index (χ4v) is 2.08. The third-order valence-electron chi connectivity index (χ3n) is 3.20. The molecule has 0 unspecified atom stereocenters. The molecule has 7 nitrogen and oxygen atoms in total. The van der Waals surface area contributed by atoms with E-state index in [0.717, 1.165) is 5.56 Å². The van der Waals surface area contributed by atoms with Gasteiger partial charge >= 0.3 is 0 Å². The number of ether oxygens (including phenoxy) is 2. The minimum atomic E-state index is -0.289. The topological polar surface area (TPSA) is 100 Å². The van der Waals surface area contributed by atoms with Gasteiger partial charge in [-0.1, -0.05) is 6.07 Å². The number of hydrazone groups is 1. The van der Waals surface area contributed by atoms with Gasteiger partial charge in [0.25, 0.3) is 0 Å². The van der Waals surface area contributed by atoms with Crippen LogP contribution < -0.4 is 14.9 Å². The second kappa shape index (κ2) is 6.27. The van der Waals surface area contributed by atoms with Gasteiger partial charge in [0.1, 0.15) is 0 Å². The second-order valence-electron chi connectivity index (χ2n) is 4.91. The molecule has 1 aliphatic rings. The van der Waals surface area contributed by atoms with Gasteiger partial charge < -0.3 is 19.7 Å². The first-order chi connectivity index (χ1) is 11.1. The first kappa shape index (κ1) is 14.7. The molecule has 23 heavy (non-hydrogen) atoms. The van der Waals surface area contributed by atoms with Crippen LogP contribution in [0, 0.1) is 0 Å². The fraction of sp³-hybridized carbons (Fsp3) is 0.125. The summed E-state index contributed by atoms with van der Waals surface area (Å²) in [5.74, 6) is 0.537. The molecule has 1 heterocycles. The van der Waals surface area contributed by atoms with Gasteiger partial charge in [-0.05, 0) is 41.5 Å². The molecule has 0 aromatic heterocycles. The lowest BCUT2D eigenvalue weighted by atomic mass is 10.1. The lowest BCUT2D eigenvalue weighted by molar-refractivity contribution is -0.120. The second-order valence-corrected chi connectivity index (χ2v) is 4.91. The summed E-state index contributed by atoms with van der Waals surface area (Å²) in [6.07, 6.45) is 1.52. The average Bonchev–Trinajstić information content (AvgIpc) is 2.98. The number of phenolic OH excluding ortho intramolecular Hbond substituents is 2. The Hall–Kier alpha value is -3.22. The molecule has 0 aliphatic carbocycles. The molecule has 3 N–H and O–H groups in total. The zero-order chi connectivity index (χ0) is 16.2. The van der Waals surface area contributed by atoms with Crippen LogP contribution in [0.3, 0.4) is 0 Å². The Morgan fingerprint density at radius 3 is 2.78 bits per heavy atom. The molecular formula is C16H14N2O5. The summed E-state index contributed by atoms with van der Waals surface area (Å²) in [6, 6.07) is 9.53. The zero-order valence-electron chi connectivity index (χ0n) is 12.0. The van der Waals surface area contributed by atoms with E-state index in [1.54, 1.807) is 24.3 Å². The van der Waals surface area contributed by atoms with Crippen LogP contribution in [0.15, 0.2) is 41.5 Å². The Labute approximate surface area is 131 Å². The van der Waals surface area contributed by atoms with Crippen LogP contribution in [-0.4, -0.2) is 29.1 Å². The maximum atomic E-state index is 11.8. The van der Waals surface area contributed by atoms with Crippen molar-refractivity contribution < 1.29 is 24.5 Å². The Kier molecular flexibility index (Phi) is 4.01. The Morgan fingerprint density at radius 1 is 1.13 bits per heavy atom. The zero-order valence-corrected chi connectivity index (χ0v) is 12.0. The van der Waals surface area contributed by atoms with Crippen LogP contribution in [0.1, 0.15) is 11.1 Å². The van der Waals surface area contributed by atoms with Gasteiger partial charge in [0.2, 0.25) is 12.7 Å². The molecule has 1 aliphatic heterocycles. The molecule has 0 saturated heterocycles. The minimum Gasteiger partial charge on any atom is -0.504 e. The number of benzene rings is 2. The summed E-state index contributed by atoms with van der Waals surface area (Å²) in [5.41, 5.74) is 3.72. The van der Waals surface area contributed by atoms with E-state index in [4.69, 9.17) is 9.47 Å². The lowest BCUT2D eigenvalue weighted by Gasteiger charge is -2.02. The highest BCUT2D eigenvalue weighted by atomic mass is 16.7. The van der Waals surface area contributed by atoms with Crippen molar-refractivity contribution in [3.05, 3.63) is 47.5 Å². The van der Waals surface area contributed by atoms with Crippen molar-refractivity contribution in [2.24, 2.45) is 5.10 Å². The monoisotopic (exact) mass is 314 g/mol. The van der Waals surface area contributed by atoms with E-state index in [1.165, 1.54) is 18.3 Å². The molecular weight excluding hydrogens is 300 g/mol. The number of hydrogen-bond acceptors (Lipinski definition) is 6. The Morgan fingerprint density at radius 2 is 1.96 bits per heavy atom. The number of nitrogens with zero attached hydrogens (tertiary/aromatic N) is 1. The first-order valence-corrected chi connectivity index (χ1v) is 6.84. The van der Waals surface area contributed by atoms with E-state index >= 15 is 0 Å². The quantitative estimate of drug-likeness (QED) is 0.451. The number of phenols is 2. The highest BCUT2D eigenvalue weighted by Gasteiger charge is 2.14. The fourth-order valence-electron chi connectivity index (χ4n) is 2.08. The number of aromatic hydroxyl groups is 2. The molecule has 0 bridgehead atoms. The number of nitrogens with one attached hydrogen (secondary N) is 1. The van der Waals surface area contributed by atoms with E-state index in [0.29, 0.717) is 17.1 Å². The molecule has 118 valence electrons. The molecule has 1 amide bonds. The van der Waals surface area contributed by atoms with Gasteiger partial charge in [-0.25, -0.2) is 5.43 Å². The molecule has 2 aromatic rings. The molecule has 0 saturated carbocycles. The van der Waals surface area contributed by atoms with E-state index in [9.17, 15) is 15.0 Å². The summed E-state index contributed by atoms with van der Waals surface area (Å²) in [7, 11) is 0. The van der Waals surface area contributed by atoms with Crippen molar-refractivity contribution in [3.63, 3.8) is 0 Å². The van der Waals surface area contributed by atoms with Crippen molar-refractivity contribution in [2.75, 3.05) is 6.79 Å². The van der Waals surface area contributed by atoms with Crippen molar-refractivity contribution in [2.45, 2.75) is 6.42 Å². The molecule has 3 rings (SSSR count). The average molecular weight is 314 g/mol. The number of amides is 1. The van der Waals surface area contributed by atoms with Crippen molar-refractivity contribution in [1.82, 2.24) is 5.43 Å². The van der Waals surface area contributed by atoms with Gasteiger partial charge in [0.15, 0.2) is 23.0 Å². The van der Waals surface area contributed by atoms with Gasteiger partial charge in [0, 0.05) is 0 Å². The highest BCUT2D eigenvalue weighted by Crippen LogP contribution is 2.32. The maximum Gasteiger partial charge on any atom is 0.244 e. The molecule has 2 aromatic carbocycles. The third-order valence-corrected chi connectivity index (χ3v) is 3.20. The van der Waals surface area contributed by atoms with Crippen molar-refractivity contribution >= 4 is 12.1 Å². The van der Waals surface area contributed by atoms with Gasteiger partial charge in [-0.15, -0.1) is 0 Å². The highest BCUT2D eigenvalue weighted by molar-refractivity contribution is 5.84. The van der Waals surface area contributed by atoms with Gasteiger partial charge in [-0.3, -0.25) is 4.79 Å². The molecule has 0 spiro atoms. The van der Waals surface area contributed by atoms with Crippen molar-refractivity contribution in [3.8, 4) is 23.0 Å². The van der Waals surface area contributed by atoms with E-state index in [-0.39, 0.29) is 30.6 Å². The van der Waals surface area contributed by atoms with Crippen LogP contribution in [0.25, 0.3) is 0 Å². The van der Waals surface area contributed by atoms with Crippen molar-refractivity contribution in [1.29, 1.82) is 0 Å². The van der Waals surface area contributed by atoms with Crippen LogP contribution >= 0.6 is 0 Å². The van der Waals surface area contributed by atoms with Gasteiger partial charge in [-0.2, -0.15) is 5.10 Å². The number of carbonyl (C=O) groups excluding carboxylic acids is 1. The minimum absolute atomic E-state index is 0.148. The standard InChI is InChI=1S/C16H14N2O5/c19-12-3-1-11(5-13(12)20)8-17-18-16(21)7-10-2-4-14-15(6-10)23-9-22-14/h1-6,8,19-20H,7,9H2,(H,18,21)/b17-8-. The molecule has 0 radical (unpaired) electrons. The van der Waals surface area contributed by atoms with Crippen LogP contribution in [0.5, 0.6) is 23.0 Å². The number of hydrogen-bond donors (Lipinski definition) is 3. The third kappa shape index (κ3) is 3.52. The number of carbonyl (C=O) groups is 1. The Balaban J connectivity index is 1.57. The molecule has 0 fully saturated rings. The van der Waals surface area contributed by atoms with Crippen LogP contribution in [0.4, 0.5) is 0 Å². The summed E-state index contributed by atoms with van der Waals surface area (Å²) in [5, 5.41) is 22.4. The van der Waals surface area contributed by atoms with E-state index < -0.39 is 0 Å². The van der Waals surface area contributed by atoms with Crippen LogP contribution in [-0.2, 0) is 11.2 Å². The smallest absolute Gasteiger partial charge is 0.244 e. The van der Waals surface area contributed by atoms with Crippen LogP contribution in [0.2, 0.25) is 0 Å². The van der Waals surface area contributed by atoms with E-state index in [2.05, 4.69) is 10.5 Å². The molecule has 0 atom stereocenters. The van der Waals surface area contributed by atoms with E-state index in [1.807, 2.05) is 0 Å². The largest absolute Gasteiger partial charge is 0.504 e. The summed E-state index contributed by atoms with van der Waals surface area (Å²) in [6.45, 7) is 0.189. The maximum absolute atomic E-state index is 11.8. The normalized spacial score (nSPS) is 12.5. The predicted molar refractivity (Wildman–Crippen MR) is 81.8 cm³/mol. The predicted octanol–water partition coefficient (Wildman–Crippen LogP) is 1.52. The summed E-state index contributed by atoms with van der Waals surface area (Å²) < 4.78 is 10.5. The molecule has 7 heteroatoms. The number of fused-ring (bicyclic) bond motifs is 1. The number of rotatable bonds is 4. The summed E-state index contributed by atoms with van der Waals surface area (Å²) >= 11 is 0. The lowest BCUT2D eigenvalue weighted by Crippen LogP contribution is -2.19. The Bertz CT molecular complexity index is 773. The van der Waals surface area contributed by atoms with Gasteiger partial charge in [0.05, 0.1) is 12.6 Å². The summed E-state index contributed by atoms with van der Waals surface area (Å²) in [4.78, 5) is 11.8. The first-order valence-electron chi connectivity index (χ1n) is 6.84.